The minimum Gasteiger partial charge on any atom is -0.341 e. The lowest BCUT2D eigenvalue weighted by Gasteiger charge is -2.28. The van der Waals surface area contributed by atoms with Gasteiger partial charge in [0.05, 0.1) is 15.6 Å². The van der Waals surface area contributed by atoms with Gasteiger partial charge >= 0.3 is 0 Å². The molecule has 4 nitrogen and oxygen atoms in total. The van der Waals surface area contributed by atoms with Gasteiger partial charge in [0.25, 0.3) is 5.91 Å². The topological polar surface area (TPSA) is 49.4 Å². The largest absolute Gasteiger partial charge is 0.341 e. The van der Waals surface area contributed by atoms with Crippen LogP contribution in [0.2, 0.25) is 10.0 Å². The van der Waals surface area contributed by atoms with Crippen LogP contribution in [0.15, 0.2) is 18.2 Å². The molecule has 0 bridgehead atoms. The van der Waals surface area contributed by atoms with Crippen LogP contribution < -0.4 is 5.32 Å². The van der Waals surface area contributed by atoms with E-state index in [9.17, 15) is 9.59 Å². The summed E-state index contributed by atoms with van der Waals surface area (Å²) in [5, 5.41) is 3.22. The molecule has 1 aromatic carbocycles. The molecule has 1 atom stereocenters. The van der Waals surface area contributed by atoms with Crippen LogP contribution in [0.5, 0.6) is 0 Å². The Morgan fingerprint density at radius 2 is 1.79 bits per heavy atom. The molecule has 134 valence electrons. The molecule has 1 N–H and O–H groups in total. The van der Waals surface area contributed by atoms with Gasteiger partial charge in [0, 0.05) is 13.1 Å². The van der Waals surface area contributed by atoms with E-state index in [-0.39, 0.29) is 16.5 Å². The van der Waals surface area contributed by atoms with Crippen molar-refractivity contribution in [2.45, 2.75) is 46.6 Å². The maximum atomic E-state index is 12.6. The van der Waals surface area contributed by atoms with Gasteiger partial charge in [0.1, 0.15) is 6.04 Å². The molecule has 0 heterocycles. The van der Waals surface area contributed by atoms with E-state index in [1.165, 1.54) is 0 Å². The van der Waals surface area contributed by atoms with Gasteiger partial charge in [-0.05, 0) is 31.9 Å². The smallest absolute Gasteiger partial charge is 0.253 e. The number of benzene rings is 1. The highest BCUT2D eigenvalue weighted by molar-refractivity contribution is 6.43. The maximum Gasteiger partial charge on any atom is 0.253 e. The number of rotatable bonds is 8. The van der Waals surface area contributed by atoms with E-state index in [2.05, 4.69) is 19.2 Å². The number of hydrogen-bond acceptors (Lipinski definition) is 2. The number of halogens is 2. The predicted molar refractivity (Wildman–Crippen MR) is 99.7 cm³/mol. The number of carbonyl (C=O) groups is 2. The monoisotopic (exact) mass is 372 g/mol. The van der Waals surface area contributed by atoms with E-state index in [0.717, 1.165) is 12.8 Å². The lowest BCUT2D eigenvalue weighted by atomic mass is 10.0. The predicted octanol–water partition coefficient (Wildman–Crippen LogP) is 4.40. The van der Waals surface area contributed by atoms with E-state index in [0.29, 0.717) is 24.0 Å². The number of carbonyl (C=O) groups excluding carboxylic acids is 2. The van der Waals surface area contributed by atoms with E-state index in [1.54, 1.807) is 30.0 Å². The molecular weight excluding hydrogens is 347 g/mol. The van der Waals surface area contributed by atoms with Crippen LogP contribution in [0.3, 0.4) is 0 Å². The van der Waals surface area contributed by atoms with Gasteiger partial charge in [-0.15, -0.1) is 0 Å². The van der Waals surface area contributed by atoms with Gasteiger partial charge in [-0.1, -0.05) is 56.0 Å². The summed E-state index contributed by atoms with van der Waals surface area (Å²) in [5.74, 6) is -0.0167. The highest BCUT2D eigenvalue weighted by atomic mass is 35.5. The molecule has 0 fully saturated rings. The van der Waals surface area contributed by atoms with Crippen molar-refractivity contribution in [3.8, 4) is 0 Å². The third-order valence-corrected chi connectivity index (χ3v) is 5.06. The summed E-state index contributed by atoms with van der Waals surface area (Å²) in [6.07, 6.45) is 2.05. The van der Waals surface area contributed by atoms with Crippen LogP contribution in [0.1, 0.15) is 50.9 Å². The second kappa shape index (κ2) is 9.90. The van der Waals surface area contributed by atoms with Crippen LogP contribution >= 0.6 is 23.2 Å². The van der Waals surface area contributed by atoms with Crippen molar-refractivity contribution in [1.29, 1.82) is 0 Å². The minimum atomic E-state index is -0.623. The van der Waals surface area contributed by atoms with E-state index < -0.39 is 11.9 Å². The number of amides is 2. The fraction of sp³-hybridized carbons (Fsp3) is 0.556. The Labute approximate surface area is 154 Å². The van der Waals surface area contributed by atoms with E-state index in [1.807, 2.05) is 6.92 Å². The summed E-state index contributed by atoms with van der Waals surface area (Å²) in [7, 11) is 0. The first-order valence-electron chi connectivity index (χ1n) is 8.39. The first-order chi connectivity index (χ1) is 11.3. The maximum absolute atomic E-state index is 12.6. The Kier molecular flexibility index (Phi) is 8.57. The standard InChI is InChI=1S/C18H26Cl2N2O2/c1-5-13(6-2)11-22(7-3)18(24)12(4)21-17(23)14-9-8-10-15(19)16(14)20/h8-10,12-13H,5-7,11H2,1-4H3,(H,21,23). The molecular formula is C18H26Cl2N2O2. The van der Waals surface area contributed by atoms with Crippen molar-refractivity contribution in [3.63, 3.8) is 0 Å². The van der Waals surface area contributed by atoms with Gasteiger partial charge in [-0.25, -0.2) is 0 Å². The second-order valence-electron chi connectivity index (χ2n) is 5.86. The van der Waals surface area contributed by atoms with Crippen molar-refractivity contribution in [3.05, 3.63) is 33.8 Å². The quantitative estimate of drug-likeness (QED) is 0.735. The van der Waals surface area contributed by atoms with Crippen LogP contribution in [0.4, 0.5) is 0 Å². The summed E-state index contributed by atoms with van der Waals surface area (Å²) in [6, 6.07) is 4.23. The summed E-state index contributed by atoms with van der Waals surface area (Å²) < 4.78 is 0. The SMILES string of the molecule is CCC(CC)CN(CC)C(=O)C(C)NC(=O)c1cccc(Cl)c1Cl. The molecule has 24 heavy (non-hydrogen) atoms. The highest BCUT2D eigenvalue weighted by Gasteiger charge is 2.24. The third kappa shape index (κ3) is 5.38. The molecule has 0 aliphatic carbocycles. The molecule has 1 unspecified atom stereocenters. The van der Waals surface area contributed by atoms with Crippen LogP contribution in [0.25, 0.3) is 0 Å². The fourth-order valence-electron chi connectivity index (χ4n) is 2.52. The van der Waals surface area contributed by atoms with Crippen LogP contribution in [0, 0.1) is 5.92 Å². The van der Waals surface area contributed by atoms with Crippen molar-refractivity contribution in [2.75, 3.05) is 13.1 Å². The molecule has 0 aromatic heterocycles. The molecule has 2 amide bonds. The van der Waals surface area contributed by atoms with Gasteiger partial charge in [0.15, 0.2) is 0 Å². The molecule has 0 aliphatic rings. The van der Waals surface area contributed by atoms with Crippen LogP contribution in [-0.2, 0) is 4.79 Å². The lowest BCUT2D eigenvalue weighted by Crippen LogP contribution is -2.48. The molecule has 0 spiro atoms. The second-order valence-corrected chi connectivity index (χ2v) is 6.64. The third-order valence-electron chi connectivity index (χ3n) is 4.24. The van der Waals surface area contributed by atoms with Crippen molar-refractivity contribution < 1.29 is 9.59 Å². The van der Waals surface area contributed by atoms with Crippen LogP contribution in [-0.4, -0.2) is 35.8 Å². The Hall–Kier alpha value is -1.26. The summed E-state index contributed by atoms with van der Waals surface area (Å²) in [4.78, 5) is 26.8. The first kappa shape index (κ1) is 20.8. The number of nitrogens with zero attached hydrogens (tertiary/aromatic N) is 1. The van der Waals surface area contributed by atoms with Crippen molar-refractivity contribution >= 4 is 35.0 Å². The molecule has 0 saturated carbocycles. The minimum absolute atomic E-state index is 0.0871. The number of nitrogens with one attached hydrogen (secondary N) is 1. The molecule has 0 saturated heterocycles. The molecule has 0 aliphatic heterocycles. The Morgan fingerprint density at radius 3 is 2.33 bits per heavy atom. The van der Waals surface area contributed by atoms with E-state index >= 15 is 0 Å². The zero-order valence-electron chi connectivity index (χ0n) is 14.7. The summed E-state index contributed by atoms with van der Waals surface area (Å²) in [6.45, 7) is 9.21. The average Bonchev–Trinajstić information content (AvgIpc) is 2.57. The average molecular weight is 373 g/mol. The van der Waals surface area contributed by atoms with Crippen molar-refractivity contribution in [1.82, 2.24) is 10.2 Å². The molecule has 0 radical (unpaired) electrons. The Balaban J connectivity index is 2.77. The highest BCUT2D eigenvalue weighted by Crippen LogP contribution is 2.25. The normalized spacial score (nSPS) is 12.1. The van der Waals surface area contributed by atoms with E-state index in [4.69, 9.17) is 23.2 Å². The zero-order valence-corrected chi connectivity index (χ0v) is 16.2. The molecule has 6 heteroatoms. The lowest BCUT2D eigenvalue weighted by molar-refractivity contribution is -0.133. The fourth-order valence-corrected chi connectivity index (χ4v) is 2.91. The number of hydrogen-bond donors (Lipinski definition) is 1. The van der Waals surface area contributed by atoms with Crippen molar-refractivity contribution in [2.24, 2.45) is 5.92 Å². The first-order valence-corrected chi connectivity index (χ1v) is 9.14. The number of likely N-dealkylation sites (N-methyl/N-ethyl adjacent to an activating group) is 1. The van der Waals surface area contributed by atoms with Gasteiger partial charge in [-0.3, -0.25) is 9.59 Å². The summed E-state index contributed by atoms with van der Waals surface area (Å²) >= 11 is 12.0. The Bertz CT molecular complexity index is 574. The summed E-state index contributed by atoms with van der Waals surface area (Å²) in [5.41, 5.74) is 0.270. The Morgan fingerprint density at radius 1 is 1.17 bits per heavy atom. The molecule has 1 rings (SSSR count). The molecule has 1 aromatic rings. The zero-order chi connectivity index (χ0) is 18.3. The van der Waals surface area contributed by atoms with Gasteiger partial charge < -0.3 is 10.2 Å². The van der Waals surface area contributed by atoms with Gasteiger partial charge in [0.2, 0.25) is 5.91 Å². The van der Waals surface area contributed by atoms with Gasteiger partial charge in [-0.2, -0.15) is 0 Å².